The van der Waals surface area contributed by atoms with E-state index in [1.165, 1.54) is 11.8 Å². The summed E-state index contributed by atoms with van der Waals surface area (Å²) in [6.07, 6.45) is 3.20. The van der Waals surface area contributed by atoms with Crippen LogP contribution in [-0.2, 0) is 4.79 Å². The molecule has 0 saturated heterocycles. The third-order valence-corrected chi connectivity index (χ3v) is 4.20. The zero-order chi connectivity index (χ0) is 8.93. The van der Waals surface area contributed by atoms with E-state index in [2.05, 4.69) is 0 Å². The number of thioether (sulfide) groups is 1. The van der Waals surface area contributed by atoms with Crippen molar-refractivity contribution in [3.63, 3.8) is 0 Å². The summed E-state index contributed by atoms with van der Waals surface area (Å²) in [4.78, 5) is 9.96. The van der Waals surface area contributed by atoms with Gasteiger partial charge in [0.15, 0.2) is 0 Å². The molecule has 0 aromatic carbocycles. The molecule has 2 rings (SSSR count). The number of hydrogen-bond acceptors (Lipinski definition) is 3. The average molecular weight is 188 g/mol. The van der Waals surface area contributed by atoms with Gasteiger partial charge in [-0.15, -0.1) is 11.8 Å². The lowest BCUT2D eigenvalue weighted by atomic mass is 10.1. The molecule has 0 heterocycles. The molecular weight excluding hydrogens is 176 g/mol. The van der Waals surface area contributed by atoms with Gasteiger partial charge >= 0.3 is 5.97 Å². The molecule has 2 saturated carbocycles. The van der Waals surface area contributed by atoms with Gasteiger partial charge in [-0.3, -0.25) is 4.79 Å². The number of hydrogen-bond donors (Lipinski definition) is 2. The van der Waals surface area contributed by atoms with E-state index in [4.69, 9.17) is 5.11 Å². The van der Waals surface area contributed by atoms with Crippen LogP contribution < -0.4 is 0 Å². The van der Waals surface area contributed by atoms with Crippen molar-refractivity contribution in [3.05, 3.63) is 0 Å². The van der Waals surface area contributed by atoms with Crippen molar-refractivity contribution < 1.29 is 15.0 Å². The Kier molecular flexibility index (Phi) is 1.67. The van der Waals surface area contributed by atoms with Gasteiger partial charge in [0.1, 0.15) is 4.93 Å². The molecule has 4 heteroatoms. The van der Waals surface area contributed by atoms with Crippen molar-refractivity contribution in [2.75, 3.05) is 6.26 Å². The molecule has 0 aromatic rings. The lowest BCUT2D eigenvalue weighted by Crippen LogP contribution is -2.23. The molecule has 2 unspecified atom stereocenters. The van der Waals surface area contributed by atoms with E-state index in [-0.39, 0.29) is 17.8 Å². The van der Waals surface area contributed by atoms with Gasteiger partial charge in [0.2, 0.25) is 0 Å². The second kappa shape index (κ2) is 2.39. The number of aliphatic hydroxyl groups is 1. The van der Waals surface area contributed by atoms with Crippen molar-refractivity contribution in [2.45, 2.75) is 17.8 Å². The second-order valence-electron chi connectivity index (χ2n) is 3.75. The van der Waals surface area contributed by atoms with Gasteiger partial charge in [-0.25, -0.2) is 0 Å². The summed E-state index contributed by atoms with van der Waals surface area (Å²) >= 11 is 1.45. The molecule has 2 N–H and O–H groups in total. The Morgan fingerprint density at radius 2 is 2.00 bits per heavy atom. The van der Waals surface area contributed by atoms with E-state index >= 15 is 0 Å². The number of fused-ring (bicyclic) bond motifs is 1. The Morgan fingerprint density at radius 1 is 1.50 bits per heavy atom. The molecule has 2 aliphatic rings. The molecule has 0 amide bonds. The van der Waals surface area contributed by atoms with Crippen LogP contribution in [0.5, 0.6) is 0 Å². The molecule has 0 aliphatic heterocycles. The predicted octanol–water partition coefficient (Wildman–Crippen LogP) is 0.779. The van der Waals surface area contributed by atoms with Crippen LogP contribution >= 0.6 is 11.8 Å². The van der Waals surface area contributed by atoms with E-state index in [0.717, 1.165) is 0 Å². The zero-order valence-corrected chi connectivity index (χ0v) is 7.67. The monoisotopic (exact) mass is 188 g/mol. The van der Waals surface area contributed by atoms with Crippen LogP contribution in [0.4, 0.5) is 0 Å². The molecule has 2 aliphatic carbocycles. The number of carboxylic acid groups (broad SMARTS) is 1. The highest BCUT2D eigenvalue weighted by Gasteiger charge is 2.64. The van der Waals surface area contributed by atoms with Crippen LogP contribution in [0.15, 0.2) is 0 Å². The van der Waals surface area contributed by atoms with E-state index in [1.54, 1.807) is 0 Å². The summed E-state index contributed by atoms with van der Waals surface area (Å²) in [7, 11) is 0. The Labute approximate surface area is 75.2 Å². The minimum Gasteiger partial charge on any atom is -0.481 e. The average Bonchev–Trinajstić information content (AvgIpc) is 2.52. The normalized spacial score (nSPS) is 50.3. The fourth-order valence-electron chi connectivity index (χ4n) is 2.35. The molecule has 3 nitrogen and oxygen atoms in total. The fourth-order valence-corrected chi connectivity index (χ4v) is 3.07. The van der Waals surface area contributed by atoms with Gasteiger partial charge in [0, 0.05) is 0 Å². The molecule has 68 valence electrons. The summed E-state index contributed by atoms with van der Waals surface area (Å²) in [5.41, 5.74) is 0. The van der Waals surface area contributed by atoms with Crippen LogP contribution in [-0.4, -0.2) is 27.4 Å². The highest BCUT2D eigenvalue weighted by atomic mass is 32.2. The van der Waals surface area contributed by atoms with Gasteiger partial charge in [0.25, 0.3) is 0 Å². The zero-order valence-electron chi connectivity index (χ0n) is 6.86. The maximum atomic E-state index is 10.6. The van der Waals surface area contributed by atoms with Crippen LogP contribution in [0, 0.1) is 17.8 Å². The topological polar surface area (TPSA) is 57.5 Å². The third kappa shape index (κ3) is 1.05. The number of aliphatic carboxylic acids is 1. The predicted molar refractivity (Wildman–Crippen MR) is 45.8 cm³/mol. The molecule has 2 atom stereocenters. The minimum absolute atomic E-state index is 0.155. The Bertz CT molecular complexity index is 216. The summed E-state index contributed by atoms with van der Waals surface area (Å²) in [5, 5.41) is 18.5. The summed E-state index contributed by atoms with van der Waals surface area (Å²) in [6.45, 7) is 0. The summed E-state index contributed by atoms with van der Waals surface area (Å²) < 4.78 is 0. The molecule has 0 radical (unpaired) electrons. The first kappa shape index (κ1) is 8.38. The minimum atomic E-state index is -0.687. The maximum Gasteiger partial charge on any atom is 0.307 e. The maximum absolute atomic E-state index is 10.6. The van der Waals surface area contributed by atoms with E-state index in [1.807, 2.05) is 6.26 Å². The van der Waals surface area contributed by atoms with E-state index in [0.29, 0.717) is 12.8 Å². The first-order valence-corrected chi connectivity index (χ1v) is 5.30. The van der Waals surface area contributed by atoms with Crippen LogP contribution in [0.25, 0.3) is 0 Å². The number of rotatable bonds is 2. The van der Waals surface area contributed by atoms with Crippen molar-refractivity contribution in [1.82, 2.24) is 0 Å². The molecule has 0 aromatic heterocycles. The standard InChI is InChI=1S/C8H12O3S/c1-12-8(11)2-4-5(3-8)6(4)7(9)10/h4-6,11H,2-3H2,1H3,(H,9,10). The second-order valence-corrected chi connectivity index (χ2v) is 4.92. The Hall–Kier alpha value is -0.220. The quantitative estimate of drug-likeness (QED) is 0.629. The SMILES string of the molecule is CSC1(O)CC2C(C1)C2C(=O)O. The van der Waals surface area contributed by atoms with Crippen molar-refractivity contribution in [3.8, 4) is 0 Å². The summed E-state index contributed by atoms with van der Waals surface area (Å²) in [5.74, 6) is -0.342. The lowest BCUT2D eigenvalue weighted by Gasteiger charge is -2.22. The van der Waals surface area contributed by atoms with Crippen molar-refractivity contribution >= 4 is 17.7 Å². The van der Waals surface area contributed by atoms with Crippen LogP contribution in [0.2, 0.25) is 0 Å². The third-order valence-electron chi connectivity index (χ3n) is 3.11. The molecule has 2 fully saturated rings. The molecule has 0 bridgehead atoms. The van der Waals surface area contributed by atoms with E-state index in [9.17, 15) is 9.90 Å². The highest BCUT2D eigenvalue weighted by molar-refractivity contribution is 7.99. The Morgan fingerprint density at radius 3 is 2.33 bits per heavy atom. The van der Waals surface area contributed by atoms with Crippen molar-refractivity contribution in [2.24, 2.45) is 17.8 Å². The van der Waals surface area contributed by atoms with Gasteiger partial charge in [-0.1, -0.05) is 0 Å². The van der Waals surface area contributed by atoms with Gasteiger partial charge in [-0.05, 0) is 30.9 Å². The first-order valence-electron chi connectivity index (χ1n) is 4.08. The molecule has 0 spiro atoms. The van der Waals surface area contributed by atoms with Gasteiger partial charge in [-0.2, -0.15) is 0 Å². The van der Waals surface area contributed by atoms with Crippen molar-refractivity contribution in [1.29, 1.82) is 0 Å². The highest BCUT2D eigenvalue weighted by Crippen LogP contribution is 2.63. The van der Waals surface area contributed by atoms with E-state index < -0.39 is 10.9 Å². The van der Waals surface area contributed by atoms with Crippen LogP contribution in [0.1, 0.15) is 12.8 Å². The summed E-state index contributed by atoms with van der Waals surface area (Å²) in [6, 6.07) is 0. The number of carboxylic acids is 1. The molecule has 12 heavy (non-hydrogen) atoms. The molecular formula is C8H12O3S. The Balaban J connectivity index is 1.98. The number of carbonyl (C=O) groups is 1. The smallest absolute Gasteiger partial charge is 0.307 e. The first-order chi connectivity index (χ1) is 5.57. The van der Waals surface area contributed by atoms with Gasteiger partial charge in [0.05, 0.1) is 5.92 Å². The lowest BCUT2D eigenvalue weighted by molar-refractivity contribution is -0.139. The largest absolute Gasteiger partial charge is 0.481 e. The van der Waals surface area contributed by atoms with Crippen LogP contribution in [0.3, 0.4) is 0 Å². The fraction of sp³-hybridized carbons (Fsp3) is 0.875. The van der Waals surface area contributed by atoms with Gasteiger partial charge < -0.3 is 10.2 Å².